The molecular formula is C17H16N4O6. The molecule has 3 rings (SSSR count). The van der Waals surface area contributed by atoms with Gasteiger partial charge in [-0.1, -0.05) is 0 Å². The van der Waals surface area contributed by atoms with Crippen molar-refractivity contribution in [2.75, 3.05) is 21.3 Å². The molecule has 0 aliphatic heterocycles. The average Bonchev–Trinajstić information content (AvgIpc) is 3.17. The number of nitro groups is 1. The molecule has 2 N–H and O–H groups in total. The molecule has 0 bridgehead atoms. The second-order valence-corrected chi connectivity index (χ2v) is 5.38. The van der Waals surface area contributed by atoms with Gasteiger partial charge in [-0.25, -0.2) is 4.98 Å². The van der Waals surface area contributed by atoms with Crippen molar-refractivity contribution < 1.29 is 24.2 Å². The van der Waals surface area contributed by atoms with Gasteiger partial charge < -0.3 is 19.3 Å². The van der Waals surface area contributed by atoms with Gasteiger partial charge in [-0.15, -0.1) is 0 Å². The first-order valence-electron chi connectivity index (χ1n) is 7.69. The van der Waals surface area contributed by atoms with Crippen LogP contribution in [0, 0.1) is 10.1 Å². The number of nitrogens with zero attached hydrogens (tertiary/aromatic N) is 3. The Morgan fingerprint density at radius 2 is 1.70 bits per heavy atom. The van der Waals surface area contributed by atoms with Gasteiger partial charge in [-0.2, -0.15) is 5.10 Å². The summed E-state index contributed by atoms with van der Waals surface area (Å²) in [6.07, 6.45) is 0. The number of nitro benzene ring substituents is 1. The lowest BCUT2D eigenvalue weighted by Crippen LogP contribution is -1.96. The number of hydrogen-bond acceptors (Lipinski definition) is 8. The Morgan fingerprint density at radius 3 is 2.26 bits per heavy atom. The smallest absolute Gasteiger partial charge is 0.311 e. The van der Waals surface area contributed by atoms with Crippen LogP contribution < -0.4 is 14.2 Å². The fourth-order valence-corrected chi connectivity index (χ4v) is 2.55. The highest BCUT2D eigenvalue weighted by molar-refractivity contribution is 5.69. The molecule has 140 valence electrons. The predicted molar refractivity (Wildman–Crippen MR) is 95.2 cm³/mol. The van der Waals surface area contributed by atoms with Crippen LogP contribution in [0.5, 0.6) is 23.0 Å². The second kappa shape index (κ2) is 7.20. The molecule has 1 heterocycles. The van der Waals surface area contributed by atoms with E-state index < -0.39 is 16.4 Å². The molecule has 0 saturated heterocycles. The lowest BCUT2D eigenvalue weighted by atomic mass is 10.1. The van der Waals surface area contributed by atoms with Gasteiger partial charge in [0.2, 0.25) is 5.75 Å². The Labute approximate surface area is 153 Å². The molecule has 10 heteroatoms. The van der Waals surface area contributed by atoms with E-state index in [-0.39, 0.29) is 0 Å². The zero-order valence-corrected chi connectivity index (χ0v) is 14.7. The van der Waals surface area contributed by atoms with Gasteiger partial charge in [-0.05, 0) is 24.3 Å². The number of aromatic hydroxyl groups is 1. The quantitative estimate of drug-likeness (QED) is 0.498. The molecule has 0 fully saturated rings. The molecule has 0 spiro atoms. The van der Waals surface area contributed by atoms with Crippen LogP contribution in [0.3, 0.4) is 0 Å². The number of hydrogen-bond donors (Lipinski definition) is 2. The number of benzene rings is 2. The first kappa shape index (κ1) is 18.0. The highest BCUT2D eigenvalue weighted by atomic mass is 16.6. The number of methoxy groups -OCH3 is 3. The van der Waals surface area contributed by atoms with Crippen molar-refractivity contribution in [2.45, 2.75) is 0 Å². The minimum absolute atomic E-state index is 0.307. The maximum atomic E-state index is 11.0. The monoisotopic (exact) mass is 372 g/mol. The number of aromatic amines is 1. The first-order valence-corrected chi connectivity index (χ1v) is 7.69. The summed E-state index contributed by atoms with van der Waals surface area (Å²) in [5.41, 5.74) is 0.587. The van der Waals surface area contributed by atoms with E-state index in [2.05, 4.69) is 15.2 Å². The molecule has 0 aliphatic rings. The largest absolute Gasteiger partial charge is 0.502 e. The van der Waals surface area contributed by atoms with Crippen molar-refractivity contribution in [3.05, 3.63) is 40.4 Å². The maximum Gasteiger partial charge on any atom is 0.311 e. The van der Waals surface area contributed by atoms with E-state index in [1.54, 1.807) is 12.1 Å². The van der Waals surface area contributed by atoms with Crippen LogP contribution in [0.25, 0.3) is 22.8 Å². The van der Waals surface area contributed by atoms with Gasteiger partial charge in [-0.3, -0.25) is 15.2 Å². The van der Waals surface area contributed by atoms with Gasteiger partial charge in [0.25, 0.3) is 0 Å². The van der Waals surface area contributed by atoms with Gasteiger partial charge >= 0.3 is 5.69 Å². The molecule has 3 aromatic rings. The van der Waals surface area contributed by atoms with Crippen LogP contribution in [-0.2, 0) is 0 Å². The minimum Gasteiger partial charge on any atom is -0.502 e. The third-order valence-electron chi connectivity index (χ3n) is 3.85. The molecule has 27 heavy (non-hydrogen) atoms. The van der Waals surface area contributed by atoms with Gasteiger partial charge in [0.15, 0.2) is 28.9 Å². The highest BCUT2D eigenvalue weighted by Gasteiger charge is 2.19. The number of aromatic nitrogens is 3. The van der Waals surface area contributed by atoms with Gasteiger partial charge in [0.1, 0.15) is 0 Å². The van der Waals surface area contributed by atoms with Crippen molar-refractivity contribution in [2.24, 2.45) is 0 Å². The number of phenols is 1. The van der Waals surface area contributed by atoms with Crippen LogP contribution in [0.4, 0.5) is 5.69 Å². The van der Waals surface area contributed by atoms with E-state index >= 15 is 0 Å². The van der Waals surface area contributed by atoms with Gasteiger partial charge in [0.05, 0.1) is 26.3 Å². The second-order valence-electron chi connectivity index (χ2n) is 5.38. The van der Waals surface area contributed by atoms with Crippen LogP contribution >= 0.6 is 0 Å². The summed E-state index contributed by atoms with van der Waals surface area (Å²) in [5, 5.41) is 27.4. The van der Waals surface area contributed by atoms with E-state index in [4.69, 9.17) is 14.2 Å². The van der Waals surface area contributed by atoms with E-state index in [9.17, 15) is 15.2 Å². The fraction of sp³-hybridized carbons (Fsp3) is 0.176. The summed E-state index contributed by atoms with van der Waals surface area (Å²) in [7, 11) is 4.50. The van der Waals surface area contributed by atoms with E-state index in [0.29, 0.717) is 40.0 Å². The molecular weight excluding hydrogens is 356 g/mol. The molecule has 0 aliphatic carbocycles. The topological polar surface area (TPSA) is 133 Å². The molecule has 0 radical (unpaired) electrons. The number of rotatable bonds is 6. The fourth-order valence-electron chi connectivity index (χ4n) is 2.55. The Bertz CT molecular complexity index is 976. The highest BCUT2D eigenvalue weighted by Crippen LogP contribution is 2.40. The number of phenolic OH excluding ortho intramolecular Hbond substituents is 1. The lowest BCUT2D eigenvalue weighted by molar-refractivity contribution is -0.385. The Balaban J connectivity index is 2.04. The summed E-state index contributed by atoms with van der Waals surface area (Å²) in [5.74, 6) is 1.54. The molecule has 1 aromatic heterocycles. The number of ether oxygens (including phenoxy) is 3. The van der Waals surface area contributed by atoms with Crippen molar-refractivity contribution in [3.8, 4) is 45.8 Å². The predicted octanol–water partition coefficient (Wildman–Crippen LogP) is 2.78. The molecule has 0 atom stereocenters. The van der Waals surface area contributed by atoms with Crippen LogP contribution in [-0.4, -0.2) is 46.5 Å². The number of H-pyrrole nitrogens is 1. The minimum atomic E-state index is -0.671. The lowest BCUT2D eigenvalue weighted by Gasteiger charge is -2.12. The number of nitrogens with one attached hydrogen (secondary N) is 1. The van der Waals surface area contributed by atoms with Crippen LogP contribution in [0.15, 0.2) is 30.3 Å². The summed E-state index contributed by atoms with van der Waals surface area (Å²) < 4.78 is 15.9. The maximum absolute atomic E-state index is 11.0. The van der Waals surface area contributed by atoms with Crippen molar-refractivity contribution >= 4 is 5.69 Å². The van der Waals surface area contributed by atoms with E-state index in [0.717, 1.165) is 0 Å². The molecule has 2 aromatic carbocycles. The standard InChI is InChI=1S/C17H16N4O6/c1-25-13-7-10(8-14(26-2)15(13)27-3)17-18-16(19-20-17)9-4-5-12(22)11(6-9)21(23)24/h4-8,22H,1-3H3,(H,18,19,20). The molecule has 0 saturated carbocycles. The summed E-state index contributed by atoms with van der Waals surface area (Å²) in [6, 6.07) is 7.33. The van der Waals surface area contributed by atoms with Crippen LogP contribution in [0.2, 0.25) is 0 Å². The van der Waals surface area contributed by atoms with Crippen molar-refractivity contribution in [3.63, 3.8) is 0 Å². The van der Waals surface area contributed by atoms with E-state index in [1.165, 1.54) is 39.5 Å². The normalized spacial score (nSPS) is 10.5. The van der Waals surface area contributed by atoms with Crippen molar-refractivity contribution in [1.29, 1.82) is 0 Å². The third-order valence-corrected chi connectivity index (χ3v) is 3.85. The summed E-state index contributed by atoms with van der Waals surface area (Å²) in [6.45, 7) is 0. The summed E-state index contributed by atoms with van der Waals surface area (Å²) >= 11 is 0. The molecule has 10 nitrogen and oxygen atoms in total. The molecule has 0 unspecified atom stereocenters. The Morgan fingerprint density at radius 1 is 1.04 bits per heavy atom. The zero-order valence-electron chi connectivity index (χ0n) is 14.7. The molecule has 0 amide bonds. The average molecular weight is 372 g/mol. The summed E-state index contributed by atoms with van der Waals surface area (Å²) in [4.78, 5) is 14.7. The zero-order chi connectivity index (χ0) is 19.6. The van der Waals surface area contributed by atoms with E-state index in [1.807, 2.05) is 0 Å². The Kier molecular flexibility index (Phi) is 4.79. The SMILES string of the molecule is COc1cc(-c2n[nH]c(-c3ccc(O)c([N+](=O)[O-])c3)n2)cc(OC)c1OC. The van der Waals surface area contributed by atoms with Crippen molar-refractivity contribution in [1.82, 2.24) is 15.2 Å². The first-order chi connectivity index (χ1) is 13.0. The van der Waals surface area contributed by atoms with Gasteiger partial charge in [0, 0.05) is 17.2 Å². The van der Waals surface area contributed by atoms with Crippen LogP contribution in [0.1, 0.15) is 0 Å². The Hall–Kier alpha value is -3.82. The third kappa shape index (κ3) is 3.32.